The molecule has 3 aliphatic rings. The van der Waals surface area contributed by atoms with Gasteiger partial charge in [-0.15, -0.1) is 0 Å². The lowest BCUT2D eigenvalue weighted by Crippen LogP contribution is -2.62. The summed E-state index contributed by atoms with van der Waals surface area (Å²) in [7, 11) is 0. The molecule has 55 heavy (non-hydrogen) atoms. The monoisotopic (exact) mass is 776 g/mol. The summed E-state index contributed by atoms with van der Waals surface area (Å²) in [6.07, 6.45) is -5.73. The molecule has 10 atom stereocenters. The van der Waals surface area contributed by atoms with E-state index in [1.807, 2.05) is 0 Å². The number of aryl methyl sites for hydroxylation is 1. The summed E-state index contributed by atoms with van der Waals surface area (Å²) in [5, 5.41) is 65.2. The largest absolute Gasteiger partial charge is 0.508 e. The van der Waals surface area contributed by atoms with E-state index in [4.69, 9.17) is 5.73 Å². The third-order valence-corrected chi connectivity index (χ3v) is 10.1. The highest BCUT2D eigenvalue weighted by Crippen LogP contribution is 2.23. The molecule has 4 rings (SSSR count). The molecule has 304 valence electrons. The Labute approximate surface area is 317 Å². The normalized spacial score (nSPS) is 30.1. The molecule has 0 radical (unpaired) electrons. The molecule has 3 heterocycles. The van der Waals surface area contributed by atoms with Crippen LogP contribution in [0.5, 0.6) is 5.75 Å². The molecule has 0 spiro atoms. The molecule has 3 saturated heterocycles. The fourth-order valence-corrected chi connectivity index (χ4v) is 7.08. The predicted octanol–water partition coefficient (Wildman–Crippen LogP) is -5.18. The zero-order valence-electron chi connectivity index (χ0n) is 30.5. The van der Waals surface area contributed by atoms with E-state index in [1.165, 1.54) is 19.1 Å². The minimum atomic E-state index is -1.69. The molecule has 1 aromatic rings. The second kappa shape index (κ2) is 19.6. The quantitative estimate of drug-likeness (QED) is 0.105. The van der Waals surface area contributed by atoms with Crippen LogP contribution in [-0.4, -0.2) is 164 Å². The van der Waals surface area contributed by atoms with Gasteiger partial charge in [0.2, 0.25) is 41.9 Å². The van der Waals surface area contributed by atoms with Gasteiger partial charge in [0.25, 0.3) is 0 Å². The average Bonchev–Trinajstić information content (AvgIpc) is 3.80. The number of nitrogens with one attached hydrogen (secondary N) is 5. The predicted molar refractivity (Wildman–Crippen MR) is 191 cm³/mol. The van der Waals surface area contributed by atoms with Crippen molar-refractivity contribution in [3.05, 3.63) is 29.8 Å². The van der Waals surface area contributed by atoms with Gasteiger partial charge >= 0.3 is 0 Å². The lowest BCUT2D eigenvalue weighted by molar-refractivity contribution is -0.146. The SMILES string of the molecule is C[C@@H](O)C1NC(=O)[C@@H](NC=O)C[C@@H](O)CNC(=O)C2[C@@H](O)CCN2C(=O)C([C@H](O)CCN)NC(=O)C(CCc2ccc(O)cc2)NC(=O)C2CCCN2C1=O. The number of nitrogens with zero attached hydrogens (tertiary/aromatic N) is 2. The van der Waals surface area contributed by atoms with Crippen LogP contribution in [0.4, 0.5) is 0 Å². The van der Waals surface area contributed by atoms with Crippen molar-refractivity contribution in [3.8, 4) is 5.75 Å². The smallest absolute Gasteiger partial charge is 0.248 e. The Balaban J connectivity index is 1.74. The Bertz CT molecular complexity index is 1550. The maximum Gasteiger partial charge on any atom is 0.248 e. The van der Waals surface area contributed by atoms with Gasteiger partial charge in [0.1, 0.15) is 42.0 Å². The Hall–Kier alpha value is -4.89. The van der Waals surface area contributed by atoms with Crippen molar-refractivity contribution >= 4 is 41.9 Å². The van der Waals surface area contributed by atoms with Gasteiger partial charge in [-0.25, -0.2) is 0 Å². The van der Waals surface area contributed by atoms with E-state index >= 15 is 0 Å². The highest BCUT2D eigenvalue weighted by Gasteiger charge is 2.46. The van der Waals surface area contributed by atoms with Crippen molar-refractivity contribution in [3.63, 3.8) is 0 Å². The number of β-amino-alcohol motifs (C(OH)–C–C–N with tert-alkyl or cyclic N) is 1. The highest BCUT2D eigenvalue weighted by molar-refractivity contribution is 5.97. The minimum absolute atomic E-state index is 0.00611. The second-order valence-electron chi connectivity index (χ2n) is 14.1. The zero-order chi connectivity index (χ0) is 40.4. The zero-order valence-corrected chi connectivity index (χ0v) is 30.5. The lowest BCUT2D eigenvalue weighted by atomic mass is 10.0. The molecule has 0 aromatic heterocycles. The van der Waals surface area contributed by atoms with Gasteiger partial charge in [-0.1, -0.05) is 12.1 Å². The van der Waals surface area contributed by atoms with E-state index in [0.717, 1.165) is 9.80 Å². The molecule has 20 nitrogen and oxygen atoms in total. The van der Waals surface area contributed by atoms with Gasteiger partial charge in [0.15, 0.2) is 0 Å². The van der Waals surface area contributed by atoms with Gasteiger partial charge in [0, 0.05) is 26.1 Å². The van der Waals surface area contributed by atoms with E-state index in [9.17, 15) is 59.1 Å². The molecule has 7 amide bonds. The van der Waals surface area contributed by atoms with Gasteiger partial charge < -0.3 is 67.7 Å². The lowest BCUT2D eigenvalue weighted by Gasteiger charge is -2.33. The third-order valence-electron chi connectivity index (χ3n) is 10.1. The maximum absolute atomic E-state index is 14.1. The summed E-state index contributed by atoms with van der Waals surface area (Å²) >= 11 is 0. The van der Waals surface area contributed by atoms with Crippen LogP contribution in [0, 0.1) is 0 Å². The van der Waals surface area contributed by atoms with E-state index in [0.29, 0.717) is 12.0 Å². The maximum atomic E-state index is 14.1. The minimum Gasteiger partial charge on any atom is -0.508 e. The van der Waals surface area contributed by atoms with Gasteiger partial charge in [0.05, 0.1) is 24.4 Å². The summed E-state index contributed by atoms with van der Waals surface area (Å²) in [6.45, 7) is 0.547. The van der Waals surface area contributed by atoms with Crippen LogP contribution in [-0.2, 0) is 40.0 Å². The summed E-state index contributed by atoms with van der Waals surface area (Å²) in [5.41, 5.74) is 6.36. The molecular weight excluding hydrogens is 724 g/mol. The van der Waals surface area contributed by atoms with Crippen LogP contribution >= 0.6 is 0 Å². The summed E-state index contributed by atoms with van der Waals surface area (Å²) in [6, 6.07) is -2.65. The van der Waals surface area contributed by atoms with Crippen molar-refractivity contribution in [2.45, 2.75) is 113 Å². The topological polar surface area (TPSA) is 313 Å². The number of carbonyl (C=O) groups is 7. The number of aliphatic hydroxyl groups is 4. The number of nitrogens with two attached hydrogens (primary N) is 1. The van der Waals surface area contributed by atoms with Crippen molar-refractivity contribution in [1.29, 1.82) is 0 Å². The number of aromatic hydroxyl groups is 1. The van der Waals surface area contributed by atoms with Crippen molar-refractivity contribution < 1.29 is 59.1 Å². The van der Waals surface area contributed by atoms with Crippen molar-refractivity contribution in [2.75, 3.05) is 26.2 Å². The molecule has 0 aliphatic carbocycles. The molecule has 12 N–H and O–H groups in total. The molecule has 3 fully saturated rings. The Morgan fingerprint density at radius 1 is 0.891 bits per heavy atom. The van der Waals surface area contributed by atoms with E-state index in [2.05, 4.69) is 26.6 Å². The summed E-state index contributed by atoms with van der Waals surface area (Å²) < 4.78 is 0. The number of fused-ring (bicyclic) bond motifs is 2. The summed E-state index contributed by atoms with van der Waals surface area (Å²) in [5.74, 6) is -5.26. The Morgan fingerprint density at radius 3 is 2.22 bits per heavy atom. The number of hydrogen-bond donors (Lipinski definition) is 11. The van der Waals surface area contributed by atoms with Crippen molar-refractivity contribution in [2.24, 2.45) is 5.73 Å². The molecular formula is C35H52N8O12. The van der Waals surface area contributed by atoms with Gasteiger partial charge in [-0.2, -0.15) is 0 Å². The molecule has 0 saturated carbocycles. The van der Waals surface area contributed by atoms with Crippen molar-refractivity contribution in [1.82, 2.24) is 36.4 Å². The van der Waals surface area contributed by atoms with Crippen LogP contribution < -0.4 is 32.3 Å². The number of carbonyl (C=O) groups excluding carboxylic acids is 7. The number of aliphatic hydroxyl groups excluding tert-OH is 4. The third kappa shape index (κ3) is 10.9. The van der Waals surface area contributed by atoms with Crippen LogP contribution in [0.25, 0.3) is 0 Å². The molecule has 3 aliphatic heterocycles. The van der Waals surface area contributed by atoms with Gasteiger partial charge in [-0.3, -0.25) is 33.6 Å². The van der Waals surface area contributed by atoms with E-state index in [1.54, 1.807) is 12.1 Å². The molecule has 20 heteroatoms. The Morgan fingerprint density at radius 2 is 1.56 bits per heavy atom. The first-order valence-corrected chi connectivity index (χ1v) is 18.4. The van der Waals surface area contributed by atoms with Crippen LogP contribution in [0.15, 0.2) is 24.3 Å². The number of rotatable bonds is 9. The second-order valence-corrected chi connectivity index (χ2v) is 14.1. The first kappa shape index (κ1) is 42.8. The molecule has 0 bridgehead atoms. The molecule has 1 aromatic carbocycles. The number of benzene rings is 1. The van der Waals surface area contributed by atoms with Gasteiger partial charge in [-0.05, 0) is 69.7 Å². The highest BCUT2D eigenvalue weighted by atomic mass is 16.3. The fourth-order valence-electron chi connectivity index (χ4n) is 7.08. The number of phenols is 1. The summed E-state index contributed by atoms with van der Waals surface area (Å²) in [4.78, 5) is 96.2. The number of phenolic OH excluding ortho intramolecular Hbond substituents is 1. The van der Waals surface area contributed by atoms with Crippen LogP contribution in [0.1, 0.15) is 51.0 Å². The van der Waals surface area contributed by atoms with Crippen LogP contribution in [0.3, 0.4) is 0 Å². The first-order chi connectivity index (χ1) is 26.2. The fraction of sp³-hybridized carbons (Fsp3) is 0.629. The number of amides is 7. The van der Waals surface area contributed by atoms with Crippen LogP contribution in [0.2, 0.25) is 0 Å². The molecule has 5 unspecified atom stereocenters. The van der Waals surface area contributed by atoms with E-state index in [-0.39, 0.29) is 63.9 Å². The first-order valence-electron chi connectivity index (χ1n) is 18.4. The number of hydrogen-bond acceptors (Lipinski definition) is 13. The Kier molecular flexibility index (Phi) is 15.3. The van der Waals surface area contributed by atoms with E-state index < -0.39 is 109 Å². The average molecular weight is 777 g/mol. The standard InChI is InChI=1S/C35H52N8O12/c1-18(45)27-34(54)42-13-2-3-24(42)32(52)39-22(9-6-19-4-7-20(46)8-5-19)30(50)41-28(25(48)10-12-36)35(55)43-14-11-26(49)29(43)33(53)37-16-21(47)15-23(38-17-44)31(51)40-27/h4-5,7-8,17-18,21-29,45-49H,2-3,6,9-16,36H2,1H3,(H,37,53)(H,38,44)(H,39,52)(H,40,51)(H,41,50)/t18-,21-,22?,23+,24?,25-,26+,27?,28?,29?/m1/s1.